The lowest BCUT2D eigenvalue weighted by atomic mass is 9.92. The first-order chi connectivity index (χ1) is 13.6. The fourth-order valence-corrected chi connectivity index (χ4v) is 3.87. The fourth-order valence-electron chi connectivity index (χ4n) is 3.87. The van der Waals surface area contributed by atoms with E-state index in [0.29, 0.717) is 36.2 Å². The van der Waals surface area contributed by atoms with Gasteiger partial charge in [-0.15, -0.1) is 0 Å². The van der Waals surface area contributed by atoms with E-state index in [4.69, 9.17) is 9.72 Å². The molecule has 0 saturated heterocycles. The molecule has 3 aromatic rings. The van der Waals surface area contributed by atoms with Crippen LogP contribution in [0.1, 0.15) is 47.7 Å². The largest absolute Gasteiger partial charge is 0.466 e. The third-order valence-corrected chi connectivity index (χ3v) is 5.22. The Morgan fingerprint density at radius 2 is 2.07 bits per heavy atom. The van der Waals surface area contributed by atoms with Crippen molar-refractivity contribution in [1.82, 2.24) is 9.55 Å². The van der Waals surface area contributed by atoms with Gasteiger partial charge < -0.3 is 9.30 Å². The number of carbonyl (C=O) groups is 2. The standard InChI is InChI=1S/C22H20N2O4/c1-3-15(22(27)28-4-2)16-10-19-20-14(11-24(19)21(26)17(16)12-25)9-13-7-5-6-8-18(13)23-20/h5-10,12,15H,3-4,11H2,1-2H3. The van der Waals surface area contributed by atoms with Crippen molar-refractivity contribution in [2.75, 3.05) is 6.61 Å². The van der Waals surface area contributed by atoms with Gasteiger partial charge in [0, 0.05) is 10.9 Å². The molecule has 0 N–H and O–H groups in total. The normalized spacial score (nSPS) is 13.1. The van der Waals surface area contributed by atoms with E-state index in [1.54, 1.807) is 17.6 Å². The highest BCUT2D eigenvalue weighted by molar-refractivity contribution is 5.88. The summed E-state index contributed by atoms with van der Waals surface area (Å²) in [5, 5.41) is 0.996. The number of benzene rings is 1. The Labute approximate surface area is 161 Å². The van der Waals surface area contributed by atoms with Crippen LogP contribution in [0.4, 0.5) is 0 Å². The maximum atomic E-state index is 13.0. The number of hydrogen-bond acceptors (Lipinski definition) is 5. The molecule has 0 fully saturated rings. The highest BCUT2D eigenvalue weighted by atomic mass is 16.5. The Morgan fingerprint density at radius 1 is 1.29 bits per heavy atom. The van der Waals surface area contributed by atoms with Crippen LogP contribution in [0.3, 0.4) is 0 Å². The first-order valence-electron chi connectivity index (χ1n) is 9.37. The Balaban J connectivity index is 1.95. The highest BCUT2D eigenvalue weighted by Gasteiger charge is 2.30. The van der Waals surface area contributed by atoms with E-state index in [0.717, 1.165) is 16.5 Å². The number of aromatic nitrogens is 2. The van der Waals surface area contributed by atoms with Gasteiger partial charge in [-0.3, -0.25) is 14.4 Å². The predicted molar refractivity (Wildman–Crippen MR) is 106 cm³/mol. The smallest absolute Gasteiger partial charge is 0.313 e. The van der Waals surface area contributed by atoms with E-state index < -0.39 is 17.4 Å². The number of pyridine rings is 2. The summed E-state index contributed by atoms with van der Waals surface area (Å²) in [6.07, 6.45) is 0.973. The van der Waals surface area contributed by atoms with Crippen molar-refractivity contribution in [3.63, 3.8) is 0 Å². The number of hydrogen-bond donors (Lipinski definition) is 0. The van der Waals surface area contributed by atoms with Crippen LogP contribution in [-0.4, -0.2) is 28.4 Å². The Kier molecular flexibility index (Phi) is 4.55. The molecule has 1 aliphatic heterocycles. The molecule has 6 nitrogen and oxygen atoms in total. The molecule has 6 heteroatoms. The summed E-state index contributed by atoms with van der Waals surface area (Å²) in [7, 11) is 0. The molecule has 1 atom stereocenters. The van der Waals surface area contributed by atoms with Gasteiger partial charge in [0.1, 0.15) is 0 Å². The molecule has 1 unspecified atom stereocenters. The molecule has 1 aliphatic rings. The maximum absolute atomic E-state index is 13.0. The Bertz CT molecular complexity index is 1160. The van der Waals surface area contributed by atoms with Crippen molar-refractivity contribution >= 4 is 23.2 Å². The van der Waals surface area contributed by atoms with Crippen LogP contribution in [0.15, 0.2) is 41.2 Å². The van der Waals surface area contributed by atoms with Gasteiger partial charge in [-0.05, 0) is 37.1 Å². The predicted octanol–water partition coefficient (Wildman–Crippen LogP) is 3.29. The molecule has 4 rings (SSSR count). The van der Waals surface area contributed by atoms with Crippen LogP contribution in [0.2, 0.25) is 0 Å². The minimum absolute atomic E-state index is 0.0148. The van der Waals surface area contributed by atoms with E-state index >= 15 is 0 Å². The summed E-state index contributed by atoms with van der Waals surface area (Å²) in [4.78, 5) is 41.9. The minimum atomic E-state index is -0.664. The summed E-state index contributed by atoms with van der Waals surface area (Å²) in [6.45, 7) is 4.17. The molecule has 1 aromatic carbocycles. The van der Waals surface area contributed by atoms with Crippen LogP contribution in [-0.2, 0) is 16.1 Å². The average Bonchev–Trinajstić information content (AvgIpc) is 3.05. The molecule has 0 amide bonds. The number of ether oxygens (including phenoxy) is 1. The summed E-state index contributed by atoms with van der Waals surface area (Å²) >= 11 is 0. The Hall–Kier alpha value is -3.28. The molecule has 2 aromatic heterocycles. The van der Waals surface area contributed by atoms with Crippen LogP contribution < -0.4 is 5.56 Å². The van der Waals surface area contributed by atoms with Crippen molar-refractivity contribution in [2.45, 2.75) is 32.7 Å². The number of fused-ring (bicyclic) bond motifs is 4. The number of nitrogens with zero attached hydrogens (tertiary/aromatic N) is 2. The first kappa shape index (κ1) is 18.1. The Morgan fingerprint density at radius 3 is 2.79 bits per heavy atom. The number of aldehydes is 1. The summed E-state index contributed by atoms with van der Waals surface area (Å²) in [6, 6.07) is 11.5. The van der Waals surface area contributed by atoms with Gasteiger partial charge in [0.2, 0.25) is 0 Å². The van der Waals surface area contributed by atoms with E-state index in [1.165, 1.54) is 0 Å². The fraction of sp³-hybridized carbons (Fsp3) is 0.273. The van der Waals surface area contributed by atoms with E-state index in [-0.39, 0.29) is 12.2 Å². The molecule has 0 bridgehead atoms. The third kappa shape index (κ3) is 2.72. The lowest BCUT2D eigenvalue weighted by molar-refractivity contribution is -0.145. The van der Waals surface area contributed by atoms with Gasteiger partial charge in [-0.2, -0.15) is 0 Å². The molecule has 0 radical (unpaired) electrons. The molecule has 28 heavy (non-hydrogen) atoms. The third-order valence-electron chi connectivity index (χ3n) is 5.22. The molecular formula is C22H20N2O4. The second kappa shape index (κ2) is 7.03. The van der Waals surface area contributed by atoms with Crippen molar-refractivity contribution < 1.29 is 14.3 Å². The first-order valence-corrected chi connectivity index (χ1v) is 9.37. The van der Waals surface area contributed by atoms with Crippen molar-refractivity contribution in [2.24, 2.45) is 0 Å². The lowest BCUT2D eigenvalue weighted by Crippen LogP contribution is -2.27. The van der Waals surface area contributed by atoms with Crippen LogP contribution in [0, 0.1) is 0 Å². The number of para-hydroxylation sites is 1. The number of esters is 1. The number of carbonyl (C=O) groups excluding carboxylic acids is 2. The average molecular weight is 376 g/mol. The van der Waals surface area contributed by atoms with Crippen LogP contribution >= 0.6 is 0 Å². The summed E-state index contributed by atoms with van der Waals surface area (Å²) in [5.41, 5.74) is 3.14. The monoisotopic (exact) mass is 376 g/mol. The quantitative estimate of drug-likeness (QED) is 0.394. The van der Waals surface area contributed by atoms with Gasteiger partial charge in [-0.1, -0.05) is 25.1 Å². The van der Waals surface area contributed by atoms with Gasteiger partial charge in [0.05, 0.1) is 41.5 Å². The second-order valence-corrected chi connectivity index (χ2v) is 6.81. The summed E-state index contributed by atoms with van der Waals surface area (Å²) < 4.78 is 6.71. The number of rotatable bonds is 5. The molecule has 3 heterocycles. The second-order valence-electron chi connectivity index (χ2n) is 6.81. The minimum Gasteiger partial charge on any atom is -0.466 e. The zero-order valence-corrected chi connectivity index (χ0v) is 15.8. The highest BCUT2D eigenvalue weighted by Crippen LogP contribution is 2.34. The van der Waals surface area contributed by atoms with Gasteiger partial charge in [-0.25, -0.2) is 4.98 Å². The van der Waals surface area contributed by atoms with Gasteiger partial charge in [0.25, 0.3) is 5.56 Å². The summed E-state index contributed by atoms with van der Waals surface area (Å²) in [5.74, 6) is -1.09. The topological polar surface area (TPSA) is 78.3 Å². The lowest BCUT2D eigenvalue weighted by Gasteiger charge is -2.17. The van der Waals surface area contributed by atoms with Gasteiger partial charge in [0.15, 0.2) is 6.29 Å². The molecule has 0 aliphatic carbocycles. The van der Waals surface area contributed by atoms with Crippen LogP contribution in [0.5, 0.6) is 0 Å². The van der Waals surface area contributed by atoms with E-state index in [2.05, 4.69) is 0 Å². The SMILES string of the molecule is CCOC(=O)C(CC)c1cc2n(c(=O)c1C=O)Cc1cc3ccccc3nc1-2. The van der Waals surface area contributed by atoms with Crippen molar-refractivity contribution in [1.29, 1.82) is 0 Å². The molecular weight excluding hydrogens is 356 g/mol. The molecule has 142 valence electrons. The van der Waals surface area contributed by atoms with Crippen molar-refractivity contribution in [3.05, 3.63) is 63.4 Å². The van der Waals surface area contributed by atoms with E-state index in [9.17, 15) is 14.4 Å². The zero-order valence-electron chi connectivity index (χ0n) is 15.8. The van der Waals surface area contributed by atoms with E-state index in [1.807, 2.05) is 37.3 Å². The molecule has 0 spiro atoms. The van der Waals surface area contributed by atoms with Gasteiger partial charge >= 0.3 is 5.97 Å². The zero-order chi connectivity index (χ0) is 19.8. The van der Waals surface area contributed by atoms with Crippen LogP contribution in [0.25, 0.3) is 22.3 Å². The van der Waals surface area contributed by atoms with Crippen molar-refractivity contribution in [3.8, 4) is 11.4 Å². The maximum Gasteiger partial charge on any atom is 0.313 e. The molecule has 0 saturated carbocycles.